The summed E-state index contributed by atoms with van der Waals surface area (Å²) in [7, 11) is 0. The largest absolute Gasteiger partial charge is 0.464 e. The Morgan fingerprint density at radius 3 is 2.37 bits per heavy atom. The lowest BCUT2D eigenvalue weighted by atomic mass is 9.80. The van der Waals surface area contributed by atoms with E-state index in [0.29, 0.717) is 6.42 Å². The van der Waals surface area contributed by atoms with Crippen LogP contribution in [0, 0.1) is 6.92 Å². The maximum atomic E-state index is 12.1. The number of hydrogen-bond donors (Lipinski definition) is 1. The standard InChI is InChI=1S/C16H24O3/c1-5-11-16(18,15(17)19-6-2)13(4)14-9-7-12(3)8-10-14/h7-10,13,18H,5-6,11H2,1-4H3. The van der Waals surface area contributed by atoms with E-state index in [1.807, 2.05) is 45.0 Å². The zero-order valence-electron chi connectivity index (χ0n) is 12.3. The number of rotatable bonds is 6. The third-order valence-corrected chi connectivity index (χ3v) is 3.55. The quantitative estimate of drug-likeness (QED) is 0.803. The lowest BCUT2D eigenvalue weighted by molar-refractivity contribution is -0.168. The topological polar surface area (TPSA) is 46.5 Å². The van der Waals surface area contributed by atoms with Gasteiger partial charge < -0.3 is 9.84 Å². The Balaban J connectivity index is 3.03. The summed E-state index contributed by atoms with van der Waals surface area (Å²) in [5.41, 5.74) is 0.667. The smallest absolute Gasteiger partial charge is 0.338 e. The molecule has 1 N–H and O–H groups in total. The molecular weight excluding hydrogens is 240 g/mol. The second-order valence-electron chi connectivity index (χ2n) is 5.03. The second-order valence-corrected chi connectivity index (χ2v) is 5.03. The minimum absolute atomic E-state index is 0.283. The molecule has 1 rings (SSSR count). The Bertz CT molecular complexity index is 411. The highest BCUT2D eigenvalue weighted by Gasteiger charge is 2.42. The van der Waals surface area contributed by atoms with Crippen LogP contribution in [0.1, 0.15) is 50.7 Å². The van der Waals surface area contributed by atoms with E-state index in [1.165, 1.54) is 0 Å². The molecule has 0 aliphatic heterocycles. The summed E-state index contributed by atoms with van der Waals surface area (Å²) in [5.74, 6) is -0.808. The first-order valence-corrected chi connectivity index (χ1v) is 6.91. The van der Waals surface area contributed by atoms with E-state index in [9.17, 15) is 9.90 Å². The van der Waals surface area contributed by atoms with Crippen LogP contribution in [-0.2, 0) is 9.53 Å². The Hall–Kier alpha value is -1.35. The normalized spacial score (nSPS) is 15.6. The predicted molar refractivity (Wildman–Crippen MR) is 76.1 cm³/mol. The van der Waals surface area contributed by atoms with Crippen molar-refractivity contribution in [2.75, 3.05) is 6.61 Å². The van der Waals surface area contributed by atoms with Crippen LogP contribution in [0.25, 0.3) is 0 Å². The van der Waals surface area contributed by atoms with Gasteiger partial charge in [0.25, 0.3) is 0 Å². The van der Waals surface area contributed by atoms with Crippen LogP contribution < -0.4 is 0 Å². The van der Waals surface area contributed by atoms with Crippen LogP contribution in [-0.4, -0.2) is 23.3 Å². The summed E-state index contributed by atoms with van der Waals surface area (Å²) in [6.07, 6.45) is 1.13. The van der Waals surface area contributed by atoms with Crippen LogP contribution in [0.4, 0.5) is 0 Å². The molecule has 3 heteroatoms. The van der Waals surface area contributed by atoms with Crippen LogP contribution in [0.3, 0.4) is 0 Å². The number of carbonyl (C=O) groups is 1. The molecule has 0 aromatic heterocycles. The van der Waals surface area contributed by atoms with E-state index in [4.69, 9.17) is 4.74 Å². The number of carbonyl (C=O) groups excluding carboxylic acids is 1. The van der Waals surface area contributed by atoms with Gasteiger partial charge in [-0.2, -0.15) is 0 Å². The lowest BCUT2D eigenvalue weighted by Gasteiger charge is -2.32. The van der Waals surface area contributed by atoms with Gasteiger partial charge >= 0.3 is 5.97 Å². The minimum Gasteiger partial charge on any atom is -0.464 e. The Kier molecular flexibility index (Phi) is 5.55. The first-order valence-electron chi connectivity index (χ1n) is 6.91. The molecule has 0 amide bonds. The van der Waals surface area contributed by atoms with Gasteiger partial charge in [0.05, 0.1) is 6.61 Å². The first kappa shape index (κ1) is 15.7. The zero-order valence-corrected chi connectivity index (χ0v) is 12.3. The van der Waals surface area contributed by atoms with Gasteiger partial charge in [0.1, 0.15) is 0 Å². The highest BCUT2D eigenvalue weighted by Crippen LogP contribution is 2.33. The van der Waals surface area contributed by atoms with Crippen LogP contribution >= 0.6 is 0 Å². The summed E-state index contributed by atoms with van der Waals surface area (Å²) in [4.78, 5) is 12.1. The summed E-state index contributed by atoms with van der Waals surface area (Å²) >= 11 is 0. The van der Waals surface area contributed by atoms with Crippen molar-refractivity contribution >= 4 is 5.97 Å². The summed E-state index contributed by atoms with van der Waals surface area (Å²) in [6.45, 7) is 7.87. The number of hydrogen-bond acceptors (Lipinski definition) is 3. The molecule has 0 spiro atoms. The van der Waals surface area contributed by atoms with Gasteiger partial charge in [-0.3, -0.25) is 0 Å². The molecule has 0 aliphatic carbocycles. The summed E-state index contributed by atoms with van der Waals surface area (Å²) in [5, 5.41) is 10.7. The molecule has 19 heavy (non-hydrogen) atoms. The monoisotopic (exact) mass is 264 g/mol. The van der Waals surface area contributed by atoms with E-state index in [1.54, 1.807) is 6.92 Å². The molecule has 1 aromatic carbocycles. The number of aryl methyl sites for hydroxylation is 1. The van der Waals surface area contributed by atoms with Gasteiger partial charge in [-0.1, -0.05) is 50.1 Å². The molecule has 0 saturated heterocycles. The highest BCUT2D eigenvalue weighted by atomic mass is 16.5. The van der Waals surface area contributed by atoms with Crippen molar-refractivity contribution in [3.63, 3.8) is 0 Å². The summed E-state index contributed by atoms with van der Waals surface area (Å²) in [6, 6.07) is 7.90. The van der Waals surface area contributed by atoms with Crippen molar-refractivity contribution < 1.29 is 14.6 Å². The Morgan fingerprint density at radius 2 is 1.89 bits per heavy atom. The van der Waals surface area contributed by atoms with Gasteiger partial charge in [0.15, 0.2) is 5.60 Å². The zero-order chi connectivity index (χ0) is 14.5. The molecule has 3 nitrogen and oxygen atoms in total. The van der Waals surface area contributed by atoms with E-state index < -0.39 is 11.6 Å². The van der Waals surface area contributed by atoms with Gasteiger partial charge in [-0.05, 0) is 25.8 Å². The van der Waals surface area contributed by atoms with E-state index in [0.717, 1.165) is 17.5 Å². The van der Waals surface area contributed by atoms with Crippen molar-refractivity contribution in [3.8, 4) is 0 Å². The van der Waals surface area contributed by atoms with Crippen LogP contribution in [0.5, 0.6) is 0 Å². The van der Waals surface area contributed by atoms with Crippen molar-refractivity contribution in [3.05, 3.63) is 35.4 Å². The Labute approximate surface area is 115 Å². The maximum absolute atomic E-state index is 12.1. The summed E-state index contributed by atoms with van der Waals surface area (Å²) < 4.78 is 5.04. The van der Waals surface area contributed by atoms with E-state index in [2.05, 4.69) is 0 Å². The molecule has 106 valence electrons. The SMILES string of the molecule is CCCC(O)(C(=O)OCC)C(C)c1ccc(C)cc1. The molecule has 2 unspecified atom stereocenters. The van der Waals surface area contributed by atoms with E-state index >= 15 is 0 Å². The molecule has 2 atom stereocenters. The minimum atomic E-state index is -1.44. The number of esters is 1. The molecule has 1 aromatic rings. The number of benzene rings is 1. The van der Waals surface area contributed by atoms with Crippen LogP contribution in [0.2, 0.25) is 0 Å². The molecule has 0 heterocycles. The van der Waals surface area contributed by atoms with Crippen molar-refractivity contribution in [2.24, 2.45) is 0 Å². The fourth-order valence-corrected chi connectivity index (χ4v) is 2.26. The van der Waals surface area contributed by atoms with Crippen molar-refractivity contribution in [1.82, 2.24) is 0 Å². The van der Waals surface area contributed by atoms with Gasteiger partial charge in [-0.25, -0.2) is 4.79 Å². The fraction of sp³-hybridized carbons (Fsp3) is 0.562. The van der Waals surface area contributed by atoms with Crippen molar-refractivity contribution in [2.45, 2.75) is 52.1 Å². The average molecular weight is 264 g/mol. The third kappa shape index (κ3) is 3.57. The first-order chi connectivity index (χ1) is 8.95. The van der Waals surface area contributed by atoms with Gasteiger partial charge in [-0.15, -0.1) is 0 Å². The molecule has 0 bridgehead atoms. The predicted octanol–water partition coefficient (Wildman–Crippen LogP) is 3.19. The number of ether oxygens (including phenoxy) is 1. The van der Waals surface area contributed by atoms with Gasteiger partial charge in [0.2, 0.25) is 0 Å². The highest BCUT2D eigenvalue weighted by molar-refractivity contribution is 5.80. The van der Waals surface area contributed by atoms with E-state index in [-0.39, 0.29) is 12.5 Å². The Morgan fingerprint density at radius 1 is 1.32 bits per heavy atom. The maximum Gasteiger partial charge on any atom is 0.338 e. The number of aliphatic hydroxyl groups is 1. The fourth-order valence-electron chi connectivity index (χ4n) is 2.26. The lowest BCUT2D eigenvalue weighted by Crippen LogP contribution is -2.44. The third-order valence-electron chi connectivity index (χ3n) is 3.55. The second kappa shape index (κ2) is 6.71. The molecule has 0 aliphatic rings. The molecule has 0 radical (unpaired) electrons. The van der Waals surface area contributed by atoms with Crippen molar-refractivity contribution in [1.29, 1.82) is 0 Å². The van der Waals surface area contributed by atoms with Gasteiger partial charge in [0, 0.05) is 5.92 Å². The van der Waals surface area contributed by atoms with Crippen LogP contribution in [0.15, 0.2) is 24.3 Å². The molecule has 0 fully saturated rings. The average Bonchev–Trinajstić information content (AvgIpc) is 2.39. The molecule has 0 saturated carbocycles. The molecular formula is C16H24O3.